The Kier molecular flexibility index (Phi) is 7.44. The number of aliphatic imine (C=N–C) groups is 1. The lowest BCUT2D eigenvalue weighted by Crippen LogP contribution is -2.39. The molecule has 0 aliphatic rings. The molecule has 6 heteroatoms. The fourth-order valence-electron chi connectivity index (χ4n) is 2.74. The lowest BCUT2D eigenvalue weighted by Gasteiger charge is -2.14. The first kappa shape index (κ1) is 19.9. The number of aromatic nitrogens is 1. The van der Waals surface area contributed by atoms with Gasteiger partial charge in [-0.05, 0) is 25.5 Å². The largest absolute Gasteiger partial charge is 0.491 e. The molecule has 0 aliphatic heterocycles. The highest BCUT2D eigenvalue weighted by Crippen LogP contribution is 2.29. The Morgan fingerprint density at radius 1 is 1.07 bits per heavy atom. The highest BCUT2D eigenvalue weighted by atomic mass is 32.1. The SMILES string of the molecule is CCNC(=NCc1ncc(C)s1)NCCOc1ccccc1-c1ccccc1. The molecule has 5 nitrogen and oxygen atoms in total. The van der Waals surface area contributed by atoms with E-state index >= 15 is 0 Å². The van der Waals surface area contributed by atoms with Crippen molar-refractivity contribution in [2.75, 3.05) is 19.7 Å². The molecule has 0 amide bonds. The van der Waals surface area contributed by atoms with Crippen molar-refractivity contribution in [2.24, 2.45) is 4.99 Å². The summed E-state index contributed by atoms with van der Waals surface area (Å²) in [6.45, 7) is 6.69. The van der Waals surface area contributed by atoms with Gasteiger partial charge in [-0.2, -0.15) is 0 Å². The first-order valence-corrected chi connectivity index (χ1v) is 10.3. The van der Waals surface area contributed by atoms with Gasteiger partial charge in [0, 0.05) is 23.2 Å². The van der Waals surface area contributed by atoms with Gasteiger partial charge in [-0.1, -0.05) is 48.5 Å². The molecule has 2 aromatic carbocycles. The minimum absolute atomic E-state index is 0.546. The molecular weight excluding hydrogens is 368 g/mol. The Bertz CT molecular complexity index is 892. The Balaban J connectivity index is 1.54. The van der Waals surface area contributed by atoms with Gasteiger partial charge in [0.15, 0.2) is 5.96 Å². The van der Waals surface area contributed by atoms with E-state index in [0.29, 0.717) is 19.7 Å². The Labute approximate surface area is 170 Å². The van der Waals surface area contributed by atoms with Gasteiger partial charge in [-0.3, -0.25) is 0 Å². The minimum atomic E-state index is 0.546. The maximum absolute atomic E-state index is 6.03. The first-order chi connectivity index (χ1) is 13.8. The van der Waals surface area contributed by atoms with Crippen LogP contribution in [0.15, 0.2) is 65.8 Å². The summed E-state index contributed by atoms with van der Waals surface area (Å²) in [5, 5.41) is 7.59. The number of aryl methyl sites for hydroxylation is 1. The monoisotopic (exact) mass is 394 g/mol. The standard InChI is InChI=1S/C22H26N4OS/c1-3-23-22(26-16-21-25-15-17(2)28-21)24-13-14-27-20-12-8-7-11-19(20)18-9-5-4-6-10-18/h4-12,15H,3,13-14,16H2,1-2H3,(H2,23,24,26). The quantitative estimate of drug-likeness (QED) is 0.341. The lowest BCUT2D eigenvalue weighted by atomic mass is 10.1. The van der Waals surface area contributed by atoms with Crippen LogP contribution in [0.5, 0.6) is 5.75 Å². The van der Waals surface area contributed by atoms with Crippen LogP contribution in [-0.2, 0) is 6.54 Å². The van der Waals surface area contributed by atoms with Crippen LogP contribution in [0, 0.1) is 6.92 Å². The first-order valence-electron chi connectivity index (χ1n) is 9.47. The molecule has 0 atom stereocenters. The van der Waals surface area contributed by atoms with Gasteiger partial charge in [0.2, 0.25) is 0 Å². The van der Waals surface area contributed by atoms with Crippen LogP contribution in [0.4, 0.5) is 0 Å². The lowest BCUT2D eigenvalue weighted by molar-refractivity contribution is 0.323. The van der Waals surface area contributed by atoms with Gasteiger partial charge >= 0.3 is 0 Å². The maximum atomic E-state index is 6.03. The summed E-state index contributed by atoms with van der Waals surface area (Å²) in [7, 11) is 0. The van der Waals surface area contributed by atoms with Crippen molar-refractivity contribution >= 4 is 17.3 Å². The summed E-state index contributed by atoms with van der Waals surface area (Å²) in [5.41, 5.74) is 2.25. The van der Waals surface area contributed by atoms with Gasteiger partial charge in [0.05, 0.1) is 13.1 Å². The average Bonchev–Trinajstić information content (AvgIpc) is 3.15. The summed E-state index contributed by atoms with van der Waals surface area (Å²) < 4.78 is 6.03. The van der Waals surface area contributed by atoms with E-state index in [0.717, 1.165) is 34.4 Å². The number of guanidine groups is 1. The molecule has 0 bridgehead atoms. The molecule has 1 heterocycles. The molecule has 3 rings (SSSR count). The molecule has 0 saturated heterocycles. The van der Waals surface area contributed by atoms with E-state index in [9.17, 15) is 0 Å². The zero-order chi connectivity index (χ0) is 19.6. The molecule has 0 radical (unpaired) electrons. The molecule has 0 aliphatic carbocycles. The average molecular weight is 395 g/mol. The van der Waals surface area contributed by atoms with E-state index in [1.807, 2.05) is 42.6 Å². The van der Waals surface area contributed by atoms with Gasteiger partial charge in [-0.15, -0.1) is 11.3 Å². The van der Waals surface area contributed by atoms with Crippen LogP contribution in [0.2, 0.25) is 0 Å². The fourth-order valence-corrected chi connectivity index (χ4v) is 3.45. The second-order valence-electron chi connectivity index (χ2n) is 6.20. The van der Waals surface area contributed by atoms with Crippen LogP contribution in [0.3, 0.4) is 0 Å². The van der Waals surface area contributed by atoms with Crippen LogP contribution >= 0.6 is 11.3 Å². The Morgan fingerprint density at radius 2 is 1.86 bits per heavy atom. The van der Waals surface area contributed by atoms with Crippen LogP contribution < -0.4 is 15.4 Å². The molecule has 3 aromatic rings. The van der Waals surface area contributed by atoms with E-state index in [1.54, 1.807) is 11.3 Å². The molecule has 2 N–H and O–H groups in total. The smallest absolute Gasteiger partial charge is 0.191 e. The third-order valence-electron chi connectivity index (χ3n) is 4.01. The van der Waals surface area contributed by atoms with E-state index < -0.39 is 0 Å². The summed E-state index contributed by atoms with van der Waals surface area (Å²) in [6, 6.07) is 18.4. The Hall–Kier alpha value is -2.86. The van der Waals surface area contributed by atoms with E-state index in [-0.39, 0.29) is 0 Å². The molecule has 0 saturated carbocycles. The number of hydrogen-bond acceptors (Lipinski definition) is 4. The van der Waals surface area contributed by atoms with Crippen molar-refractivity contribution in [1.29, 1.82) is 0 Å². The summed E-state index contributed by atoms with van der Waals surface area (Å²) in [6.07, 6.45) is 1.88. The fraction of sp³-hybridized carbons (Fsp3) is 0.273. The molecule has 0 fully saturated rings. The molecule has 1 aromatic heterocycles. The summed E-state index contributed by atoms with van der Waals surface area (Å²) in [4.78, 5) is 10.1. The van der Waals surface area contributed by atoms with Crippen molar-refractivity contribution < 1.29 is 4.74 Å². The topological polar surface area (TPSA) is 58.5 Å². The number of rotatable bonds is 8. The van der Waals surface area contributed by atoms with E-state index in [1.165, 1.54) is 4.88 Å². The number of nitrogens with zero attached hydrogens (tertiary/aromatic N) is 2. The maximum Gasteiger partial charge on any atom is 0.191 e. The number of ether oxygens (including phenoxy) is 1. The summed E-state index contributed by atoms with van der Waals surface area (Å²) in [5.74, 6) is 1.66. The van der Waals surface area contributed by atoms with Crippen molar-refractivity contribution in [1.82, 2.24) is 15.6 Å². The molecule has 0 spiro atoms. The minimum Gasteiger partial charge on any atom is -0.491 e. The predicted molar refractivity (Wildman–Crippen MR) is 117 cm³/mol. The predicted octanol–water partition coefficient (Wildman–Crippen LogP) is 4.25. The molecular formula is C22H26N4OS. The van der Waals surface area contributed by atoms with Gasteiger partial charge < -0.3 is 15.4 Å². The van der Waals surface area contributed by atoms with Crippen LogP contribution in [0.25, 0.3) is 11.1 Å². The highest BCUT2D eigenvalue weighted by Gasteiger charge is 2.05. The highest BCUT2D eigenvalue weighted by molar-refractivity contribution is 7.11. The zero-order valence-electron chi connectivity index (χ0n) is 16.3. The van der Waals surface area contributed by atoms with Gasteiger partial charge in [0.1, 0.15) is 17.4 Å². The second-order valence-corrected chi connectivity index (χ2v) is 7.52. The summed E-state index contributed by atoms with van der Waals surface area (Å²) >= 11 is 1.67. The zero-order valence-corrected chi connectivity index (χ0v) is 17.1. The van der Waals surface area contributed by atoms with Crippen molar-refractivity contribution in [2.45, 2.75) is 20.4 Å². The third-order valence-corrected chi connectivity index (χ3v) is 4.91. The van der Waals surface area contributed by atoms with Crippen molar-refractivity contribution in [3.8, 4) is 16.9 Å². The van der Waals surface area contributed by atoms with E-state index in [4.69, 9.17) is 4.74 Å². The van der Waals surface area contributed by atoms with Crippen molar-refractivity contribution in [3.05, 3.63) is 70.7 Å². The van der Waals surface area contributed by atoms with E-state index in [2.05, 4.69) is 52.7 Å². The van der Waals surface area contributed by atoms with Gasteiger partial charge in [-0.25, -0.2) is 9.98 Å². The Morgan fingerprint density at radius 3 is 2.61 bits per heavy atom. The number of thiazole rings is 1. The number of hydrogen-bond donors (Lipinski definition) is 2. The van der Waals surface area contributed by atoms with Crippen molar-refractivity contribution in [3.63, 3.8) is 0 Å². The van der Waals surface area contributed by atoms with Gasteiger partial charge in [0.25, 0.3) is 0 Å². The number of benzene rings is 2. The molecule has 146 valence electrons. The van der Waals surface area contributed by atoms with Crippen LogP contribution in [-0.4, -0.2) is 30.6 Å². The molecule has 0 unspecified atom stereocenters. The normalized spacial score (nSPS) is 11.3. The van der Waals surface area contributed by atoms with Crippen LogP contribution in [0.1, 0.15) is 16.8 Å². The third kappa shape index (κ3) is 5.82. The second kappa shape index (κ2) is 10.5. The number of nitrogens with one attached hydrogen (secondary N) is 2. The molecule has 28 heavy (non-hydrogen) atoms. The number of para-hydroxylation sites is 1.